The fraction of sp³-hybridized carbons (Fsp3) is 0.333. The van der Waals surface area contributed by atoms with Gasteiger partial charge in [-0.1, -0.05) is 23.2 Å². The number of hydrogen-bond donors (Lipinski definition) is 4. The van der Waals surface area contributed by atoms with Crippen molar-refractivity contribution in [1.29, 1.82) is 0 Å². The highest BCUT2D eigenvalue weighted by atomic mass is 35.5. The maximum absolute atomic E-state index is 13.0. The molecule has 1 aromatic rings. The Kier molecular flexibility index (Phi) is 7.59. The highest BCUT2D eigenvalue weighted by Gasteiger charge is 2.39. The van der Waals surface area contributed by atoms with Gasteiger partial charge in [-0.05, 0) is 31.5 Å². The molecule has 0 aliphatic carbocycles. The summed E-state index contributed by atoms with van der Waals surface area (Å²) >= 11 is 11.6. The van der Waals surface area contributed by atoms with Gasteiger partial charge in [-0.25, -0.2) is 27.6 Å². The Morgan fingerprint density at radius 1 is 1.37 bits per heavy atom. The molecule has 0 amide bonds. The van der Waals surface area contributed by atoms with Gasteiger partial charge in [-0.15, -0.1) is 0 Å². The number of carboxylic acids is 1. The number of halogens is 2. The van der Waals surface area contributed by atoms with Gasteiger partial charge in [0.05, 0.1) is 20.6 Å². The molecule has 0 aromatic heterocycles. The zero-order valence-corrected chi connectivity index (χ0v) is 15.9. The molecule has 27 heavy (non-hydrogen) atoms. The van der Waals surface area contributed by atoms with E-state index >= 15 is 0 Å². The van der Waals surface area contributed by atoms with Gasteiger partial charge in [0, 0.05) is 0 Å². The topological polar surface area (TPSA) is 208 Å². The van der Waals surface area contributed by atoms with Crippen molar-refractivity contribution in [3.05, 3.63) is 32.3 Å². The van der Waals surface area contributed by atoms with Gasteiger partial charge in [-0.3, -0.25) is 0 Å². The SMILES string of the molecule is NCCCC(C(=O)O)N(/C(N)=N\[N+](=O)[O-])S(=O)(=O)c1cc(Cl)c(N)c(Cl)c1. The second-order valence-corrected chi connectivity index (χ2v) is 7.71. The Balaban J connectivity index is 3.66. The molecule has 1 atom stereocenters. The highest BCUT2D eigenvalue weighted by molar-refractivity contribution is 7.89. The molecule has 7 N–H and O–H groups in total. The molecule has 0 heterocycles. The van der Waals surface area contributed by atoms with E-state index in [0.29, 0.717) is 0 Å². The molecule has 0 spiro atoms. The Morgan fingerprint density at radius 3 is 2.30 bits per heavy atom. The molecule has 0 saturated carbocycles. The summed E-state index contributed by atoms with van der Waals surface area (Å²) in [4.78, 5) is 21.7. The quantitative estimate of drug-likeness (QED) is 0.143. The van der Waals surface area contributed by atoms with Crippen molar-refractivity contribution >= 4 is 50.8 Å². The number of carboxylic acid groups (broad SMARTS) is 1. The number of hydrazone groups is 1. The third-order valence-corrected chi connectivity index (χ3v) is 5.69. The summed E-state index contributed by atoms with van der Waals surface area (Å²) < 4.78 is 26.1. The van der Waals surface area contributed by atoms with Crippen molar-refractivity contribution in [3.63, 3.8) is 0 Å². The van der Waals surface area contributed by atoms with Crippen LogP contribution in [0.5, 0.6) is 0 Å². The summed E-state index contributed by atoms with van der Waals surface area (Å²) in [5.41, 5.74) is 16.2. The molecule has 0 bridgehead atoms. The number of aliphatic carboxylic acids is 1. The number of guanidine groups is 1. The lowest BCUT2D eigenvalue weighted by Crippen LogP contribution is -2.52. The lowest BCUT2D eigenvalue weighted by Gasteiger charge is -2.28. The molecule has 0 radical (unpaired) electrons. The molecule has 0 fully saturated rings. The van der Waals surface area contributed by atoms with Gasteiger partial charge in [0.15, 0.2) is 5.03 Å². The van der Waals surface area contributed by atoms with Gasteiger partial charge in [-0.2, -0.15) is 0 Å². The van der Waals surface area contributed by atoms with E-state index in [4.69, 9.17) is 40.4 Å². The van der Waals surface area contributed by atoms with E-state index in [1.165, 1.54) is 0 Å². The fourth-order valence-corrected chi connectivity index (χ4v) is 4.24. The van der Waals surface area contributed by atoms with Crippen molar-refractivity contribution in [1.82, 2.24) is 4.31 Å². The maximum Gasteiger partial charge on any atom is 0.327 e. The van der Waals surface area contributed by atoms with Crippen LogP contribution < -0.4 is 17.2 Å². The predicted molar refractivity (Wildman–Crippen MR) is 98.2 cm³/mol. The summed E-state index contributed by atoms with van der Waals surface area (Å²) in [5.74, 6) is -2.77. The largest absolute Gasteiger partial charge is 0.480 e. The number of rotatable bonds is 8. The predicted octanol–water partition coefficient (Wildman–Crippen LogP) is 0.265. The lowest BCUT2D eigenvalue weighted by molar-refractivity contribution is -0.485. The van der Waals surface area contributed by atoms with Crippen molar-refractivity contribution < 1.29 is 23.4 Å². The average molecular weight is 443 g/mol. The summed E-state index contributed by atoms with van der Waals surface area (Å²) in [7, 11) is -4.76. The van der Waals surface area contributed by atoms with Crippen LogP contribution in [0.3, 0.4) is 0 Å². The summed E-state index contributed by atoms with van der Waals surface area (Å²) in [6.45, 7) is 0.0451. The number of hydrogen-bond acceptors (Lipinski definition) is 7. The Morgan fingerprint density at radius 2 is 1.89 bits per heavy atom. The van der Waals surface area contributed by atoms with E-state index in [0.717, 1.165) is 12.1 Å². The van der Waals surface area contributed by atoms with Crippen LogP contribution in [-0.2, 0) is 14.8 Å². The molecule has 1 aromatic carbocycles. The molecule has 12 nitrogen and oxygen atoms in total. The van der Waals surface area contributed by atoms with E-state index in [2.05, 4.69) is 5.10 Å². The second-order valence-electron chi connectivity index (χ2n) is 5.08. The molecule has 0 aliphatic heterocycles. The molecule has 0 aliphatic rings. The summed E-state index contributed by atoms with van der Waals surface area (Å²) in [6, 6.07) is 0.0102. The summed E-state index contributed by atoms with van der Waals surface area (Å²) in [5, 5.41) is 21.1. The van der Waals surface area contributed by atoms with Crippen molar-refractivity contribution in [3.8, 4) is 0 Å². The Bertz CT molecular complexity index is 854. The number of nitrogens with zero attached hydrogens (tertiary/aromatic N) is 3. The minimum Gasteiger partial charge on any atom is -0.480 e. The first-order chi connectivity index (χ1) is 12.4. The number of nitrogen functional groups attached to an aromatic ring is 1. The average Bonchev–Trinajstić information content (AvgIpc) is 2.54. The van der Waals surface area contributed by atoms with Crippen LogP contribution in [-0.4, -0.2) is 47.4 Å². The number of nitro groups is 1. The first kappa shape index (κ1) is 22.7. The van der Waals surface area contributed by atoms with Crippen LogP contribution in [0.15, 0.2) is 22.1 Å². The van der Waals surface area contributed by atoms with E-state index in [-0.39, 0.29) is 39.4 Å². The van der Waals surface area contributed by atoms with Gasteiger partial charge in [0.2, 0.25) is 0 Å². The molecule has 1 rings (SSSR count). The minimum absolute atomic E-state index is 0.0451. The van der Waals surface area contributed by atoms with E-state index in [9.17, 15) is 28.4 Å². The number of anilines is 1. The monoisotopic (exact) mass is 442 g/mol. The number of sulfonamides is 1. The van der Waals surface area contributed by atoms with E-state index < -0.39 is 37.9 Å². The standard InChI is InChI=1S/C12H16Cl2N6O6S/c13-7-4-6(5-8(14)10(7)16)27(25,26)19(12(17)18-20(23)24)9(11(21)22)2-1-3-15/h4-5,9H,1-3,15-16H2,(H2,17,18)(H,21,22). The molecular formula is C12H16Cl2N6O6S. The van der Waals surface area contributed by atoms with Crippen molar-refractivity contribution in [2.45, 2.75) is 23.8 Å². The smallest absolute Gasteiger partial charge is 0.327 e. The summed E-state index contributed by atoms with van der Waals surface area (Å²) in [6.07, 6.45) is -0.187. The first-order valence-corrected chi connectivity index (χ1v) is 9.33. The molecule has 1 unspecified atom stereocenters. The van der Waals surface area contributed by atoms with Gasteiger partial charge in [0.1, 0.15) is 11.1 Å². The van der Waals surface area contributed by atoms with Gasteiger partial charge < -0.3 is 22.3 Å². The van der Waals surface area contributed by atoms with E-state index in [1.807, 2.05) is 0 Å². The van der Waals surface area contributed by atoms with Crippen molar-refractivity contribution in [2.75, 3.05) is 12.3 Å². The van der Waals surface area contributed by atoms with Crippen LogP contribution in [0.4, 0.5) is 5.69 Å². The third-order valence-electron chi connectivity index (χ3n) is 3.27. The number of nitrogens with two attached hydrogens (primary N) is 3. The maximum atomic E-state index is 13.0. The normalized spacial score (nSPS) is 13.2. The fourth-order valence-electron chi connectivity index (χ4n) is 2.05. The van der Waals surface area contributed by atoms with Crippen LogP contribution in [0, 0.1) is 10.1 Å². The van der Waals surface area contributed by atoms with E-state index in [1.54, 1.807) is 0 Å². The first-order valence-electron chi connectivity index (χ1n) is 7.13. The van der Waals surface area contributed by atoms with Crippen LogP contribution in [0.1, 0.15) is 12.8 Å². The molecular weight excluding hydrogens is 427 g/mol. The third kappa shape index (κ3) is 5.32. The Labute approximate surface area is 163 Å². The lowest BCUT2D eigenvalue weighted by atomic mass is 10.1. The van der Waals surface area contributed by atoms with Gasteiger partial charge >= 0.3 is 5.97 Å². The van der Waals surface area contributed by atoms with Gasteiger partial charge in [0.25, 0.3) is 16.0 Å². The second kappa shape index (κ2) is 9.03. The number of carbonyl (C=O) groups is 1. The Hall–Kier alpha value is -2.35. The van der Waals surface area contributed by atoms with Crippen LogP contribution in [0.2, 0.25) is 10.0 Å². The van der Waals surface area contributed by atoms with Crippen LogP contribution >= 0.6 is 23.2 Å². The van der Waals surface area contributed by atoms with Crippen LogP contribution in [0.25, 0.3) is 0 Å². The number of benzene rings is 1. The zero-order chi connectivity index (χ0) is 20.9. The van der Waals surface area contributed by atoms with Crippen molar-refractivity contribution in [2.24, 2.45) is 16.6 Å². The molecule has 150 valence electrons. The molecule has 0 saturated heterocycles. The minimum atomic E-state index is -4.76. The zero-order valence-electron chi connectivity index (χ0n) is 13.6. The molecule has 15 heteroatoms. The highest BCUT2D eigenvalue weighted by Crippen LogP contribution is 2.32.